The zero-order chi connectivity index (χ0) is 13.7. The first-order chi connectivity index (χ1) is 9.15. The number of nitrogens with two attached hydrogens (primary N) is 1. The number of halogens is 2. The van der Waals surface area contributed by atoms with Crippen LogP contribution in [0.1, 0.15) is 12.0 Å². The van der Waals surface area contributed by atoms with Crippen molar-refractivity contribution in [3.8, 4) is 5.75 Å². The Morgan fingerprint density at radius 3 is 2.74 bits per heavy atom. The zero-order valence-electron chi connectivity index (χ0n) is 10.4. The van der Waals surface area contributed by atoms with E-state index in [0.29, 0.717) is 12.4 Å². The number of aryl methyl sites for hydroxylation is 1. The number of hydrogen-bond acceptors (Lipinski definition) is 2. The van der Waals surface area contributed by atoms with E-state index in [1.807, 2.05) is 24.3 Å². The Morgan fingerprint density at radius 1 is 1.16 bits per heavy atom. The van der Waals surface area contributed by atoms with E-state index < -0.39 is 5.82 Å². The minimum Gasteiger partial charge on any atom is -0.493 e. The van der Waals surface area contributed by atoms with Crippen molar-refractivity contribution < 1.29 is 9.13 Å². The highest BCUT2D eigenvalue weighted by Gasteiger charge is 2.01. The van der Waals surface area contributed by atoms with Crippen LogP contribution in [0.15, 0.2) is 42.5 Å². The lowest BCUT2D eigenvalue weighted by atomic mass is 10.1. The van der Waals surface area contributed by atoms with E-state index in [1.54, 1.807) is 6.07 Å². The van der Waals surface area contributed by atoms with Gasteiger partial charge in [0.05, 0.1) is 11.6 Å². The summed E-state index contributed by atoms with van der Waals surface area (Å²) in [7, 11) is 0. The van der Waals surface area contributed by atoms with Crippen LogP contribution in [0.5, 0.6) is 5.75 Å². The van der Waals surface area contributed by atoms with Gasteiger partial charge in [0.1, 0.15) is 11.6 Å². The summed E-state index contributed by atoms with van der Waals surface area (Å²) in [5.41, 5.74) is 7.63. The summed E-state index contributed by atoms with van der Waals surface area (Å²) < 4.78 is 18.6. The van der Waals surface area contributed by atoms with Gasteiger partial charge in [0.2, 0.25) is 0 Å². The van der Waals surface area contributed by atoms with E-state index in [9.17, 15) is 4.39 Å². The van der Waals surface area contributed by atoms with Gasteiger partial charge in [-0.1, -0.05) is 23.7 Å². The molecule has 0 aliphatic carbocycles. The van der Waals surface area contributed by atoms with Crippen LogP contribution >= 0.6 is 11.6 Å². The minimum absolute atomic E-state index is 0.104. The largest absolute Gasteiger partial charge is 0.493 e. The molecule has 19 heavy (non-hydrogen) atoms. The van der Waals surface area contributed by atoms with Crippen LogP contribution in [0.3, 0.4) is 0 Å². The minimum atomic E-state index is -0.463. The Morgan fingerprint density at radius 2 is 2.00 bits per heavy atom. The van der Waals surface area contributed by atoms with Crippen molar-refractivity contribution in [3.05, 3.63) is 58.9 Å². The molecule has 0 aliphatic rings. The SMILES string of the molecule is Nc1cccc(CCCOc2ccc(Cl)c(F)c2)c1. The van der Waals surface area contributed by atoms with Gasteiger partial charge in [-0.25, -0.2) is 4.39 Å². The first-order valence-electron chi connectivity index (χ1n) is 6.07. The van der Waals surface area contributed by atoms with Crippen LogP contribution in [0, 0.1) is 5.82 Å². The average Bonchev–Trinajstić information content (AvgIpc) is 2.39. The van der Waals surface area contributed by atoms with Gasteiger partial charge in [-0.3, -0.25) is 0 Å². The molecule has 0 aromatic heterocycles. The summed E-state index contributed by atoms with van der Waals surface area (Å²) in [5.74, 6) is 0.0319. The summed E-state index contributed by atoms with van der Waals surface area (Å²) in [6.45, 7) is 0.524. The highest BCUT2D eigenvalue weighted by molar-refractivity contribution is 6.30. The Bertz CT molecular complexity index is 560. The second-order valence-electron chi connectivity index (χ2n) is 4.27. The molecule has 4 heteroatoms. The maximum atomic E-state index is 13.2. The zero-order valence-corrected chi connectivity index (χ0v) is 11.2. The first kappa shape index (κ1) is 13.7. The van der Waals surface area contributed by atoms with E-state index in [0.717, 1.165) is 18.5 Å². The fourth-order valence-electron chi connectivity index (χ4n) is 1.78. The lowest BCUT2D eigenvalue weighted by molar-refractivity contribution is 0.309. The Kier molecular flexibility index (Phi) is 4.63. The quantitative estimate of drug-likeness (QED) is 0.661. The van der Waals surface area contributed by atoms with E-state index in [2.05, 4.69) is 0 Å². The number of nitrogen functional groups attached to an aromatic ring is 1. The monoisotopic (exact) mass is 279 g/mol. The molecule has 0 unspecified atom stereocenters. The maximum absolute atomic E-state index is 13.2. The van der Waals surface area contributed by atoms with Crippen LogP contribution in [0.4, 0.5) is 10.1 Å². The van der Waals surface area contributed by atoms with Crippen molar-refractivity contribution in [1.82, 2.24) is 0 Å². The fourth-order valence-corrected chi connectivity index (χ4v) is 1.90. The van der Waals surface area contributed by atoms with Gasteiger partial charge in [0.15, 0.2) is 0 Å². The topological polar surface area (TPSA) is 35.2 Å². The third kappa shape index (κ3) is 4.14. The standard InChI is InChI=1S/C15H15ClFNO/c16-14-7-6-13(10-15(14)17)19-8-2-4-11-3-1-5-12(18)9-11/h1,3,5-7,9-10H,2,4,8,18H2. The first-order valence-corrected chi connectivity index (χ1v) is 6.45. The second-order valence-corrected chi connectivity index (χ2v) is 4.68. The molecular formula is C15H15ClFNO. The Balaban J connectivity index is 1.79. The Labute approximate surface area is 117 Å². The van der Waals surface area contributed by atoms with E-state index in [4.69, 9.17) is 22.1 Å². The number of rotatable bonds is 5. The van der Waals surface area contributed by atoms with Crippen LogP contribution in [0.2, 0.25) is 5.02 Å². The lowest BCUT2D eigenvalue weighted by Gasteiger charge is -2.07. The van der Waals surface area contributed by atoms with Crippen molar-refractivity contribution in [2.24, 2.45) is 0 Å². The summed E-state index contributed by atoms with van der Waals surface area (Å²) in [6.07, 6.45) is 1.72. The van der Waals surface area contributed by atoms with Gasteiger partial charge in [-0.05, 0) is 42.7 Å². The van der Waals surface area contributed by atoms with Gasteiger partial charge >= 0.3 is 0 Å². The second kappa shape index (κ2) is 6.43. The smallest absolute Gasteiger partial charge is 0.145 e. The molecule has 0 amide bonds. The van der Waals surface area contributed by atoms with E-state index in [-0.39, 0.29) is 5.02 Å². The molecule has 2 aromatic carbocycles. The number of ether oxygens (including phenoxy) is 1. The molecule has 2 nitrogen and oxygen atoms in total. The molecule has 0 spiro atoms. The van der Waals surface area contributed by atoms with E-state index in [1.165, 1.54) is 17.7 Å². The van der Waals surface area contributed by atoms with Crippen LogP contribution < -0.4 is 10.5 Å². The third-order valence-corrected chi connectivity index (χ3v) is 3.03. The summed E-state index contributed by atoms with van der Waals surface area (Å²) in [5, 5.41) is 0.104. The normalized spacial score (nSPS) is 10.4. The molecule has 100 valence electrons. The van der Waals surface area contributed by atoms with Gasteiger partial charge in [0.25, 0.3) is 0 Å². The highest BCUT2D eigenvalue weighted by atomic mass is 35.5. The van der Waals surface area contributed by atoms with Crippen LogP contribution in [0.25, 0.3) is 0 Å². The summed E-state index contributed by atoms with van der Waals surface area (Å²) in [6, 6.07) is 12.2. The molecule has 0 atom stereocenters. The third-order valence-electron chi connectivity index (χ3n) is 2.72. The van der Waals surface area contributed by atoms with Crippen molar-refractivity contribution in [2.45, 2.75) is 12.8 Å². The van der Waals surface area contributed by atoms with Crippen LogP contribution in [-0.4, -0.2) is 6.61 Å². The molecule has 0 bridgehead atoms. The van der Waals surface area contributed by atoms with E-state index >= 15 is 0 Å². The van der Waals surface area contributed by atoms with Crippen molar-refractivity contribution in [1.29, 1.82) is 0 Å². The number of hydrogen-bond donors (Lipinski definition) is 1. The molecule has 2 N–H and O–H groups in total. The van der Waals surface area contributed by atoms with Crippen molar-refractivity contribution in [3.63, 3.8) is 0 Å². The summed E-state index contributed by atoms with van der Waals surface area (Å²) in [4.78, 5) is 0. The molecule has 0 saturated heterocycles. The highest BCUT2D eigenvalue weighted by Crippen LogP contribution is 2.20. The molecule has 0 saturated carbocycles. The maximum Gasteiger partial charge on any atom is 0.145 e. The molecule has 2 rings (SSSR count). The lowest BCUT2D eigenvalue weighted by Crippen LogP contribution is -2.00. The van der Waals surface area contributed by atoms with Crippen molar-refractivity contribution in [2.75, 3.05) is 12.3 Å². The molecular weight excluding hydrogens is 265 g/mol. The summed E-state index contributed by atoms with van der Waals surface area (Å²) >= 11 is 5.59. The fraction of sp³-hybridized carbons (Fsp3) is 0.200. The van der Waals surface area contributed by atoms with Crippen LogP contribution in [-0.2, 0) is 6.42 Å². The molecule has 2 aromatic rings. The molecule has 0 aliphatic heterocycles. The predicted octanol–water partition coefficient (Wildman–Crippen LogP) is 4.07. The average molecular weight is 280 g/mol. The van der Waals surface area contributed by atoms with Crippen molar-refractivity contribution >= 4 is 17.3 Å². The van der Waals surface area contributed by atoms with Gasteiger partial charge in [-0.15, -0.1) is 0 Å². The van der Waals surface area contributed by atoms with Gasteiger partial charge in [0, 0.05) is 11.8 Å². The van der Waals surface area contributed by atoms with Gasteiger partial charge < -0.3 is 10.5 Å². The number of benzene rings is 2. The molecule has 0 radical (unpaired) electrons. The number of anilines is 1. The Hall–Kier alpha value is -1.74. The molecule has 0 heterocycles. The predicted molar refractivity (Wildman–Crippen MR) is 76.1 cm³/mol. The van der Waals surface area contributed by atoms with Gasteiger partial charge in [-0.2, -0.15) is 0 Å². The molecule has 0 fully saturated rings.